The molecular weight excluding hydrogens is 228 g/mol. The Morgan fingerprint density at radius 1 is 1.33 bits per heavy atom. The van der Waals surface area contributed by atoms with Gasteiger partial charge in [-0.2, -0.15) is 0 Å². The molecule has 0 amide bonds. The standard InChI is InChI=1S/C15H18O3/c1-15(2)13(11-8-12(16)18-14(11)15)17-9-10-6-4-3-5-7-10/h3-7,11,13-14H,8-9H2,1-2H3/t11-,13-,14-/m0/s1. The minimum absolute atomic E-state index is 0.0470. The van der Waals surface area contributed by atoms with E-state index >= 15 is 0 Å². The zero-order valence-electron chi connectivity index (χ0n) is 10.8. The topological polar surface area (TPSA) is 35.5 Å². The third-order valence-corrected chi connectivity index (χ3v) is 4.18. The summed E-state index contributed by atoms with van der Waals surface area (Å²) in [6.45, 7) is 4.83. The van der Waals surface area contributed by atoms with Gasteiger partial charge in [0.1, 0.15) is 6.10 Å². The molecule has 1 saturated carbocycles. The summed E-state index contributed by atoms with van der Waals surface area (Å²) in [4.78, 5) is 11.3. The van der Waals surface area contributed by atoms with Crippen molar-refractivity contribution in [2.45, 2.75) is 39.1 Å². The Morgan fingerprint density at radius 3 is 2.78 bits per heavy atom. The molecule has 3 atom stereocenters. The number of carbonyl (C=O) groups excluding carboxylic acids is 1. The Morgan fingerprint density at radius 2 is 2.06 bits per heavy atom. The molecule has 3 rings (SSSR count). The van der Waals surface area contributed by atoms with Crippen molar-refractivity contribution in [1.29, 1.82) is 0 Å². The highest BCUT2D eigenvalue weighted by molar-refractivity contribution is 5.73. The van der Waals surface area contributed by atoms with Crippen LogP contribution in [0.2, 0.25) is 0 Å². The Kier molecular flexibility index (Phi) is 2.67. The zero-order chi connectivity index (χ0) is 12.8. The fourth-order valence-corrected chi connectivity index (χ4v) is 3.24. The van der Waals surface area contributed by atoms with Gasteiger partial charge in [0.2, 0.25) is 0 Å². The van der Waals surface area contributed by atoms with Gasteiger partial charge in [0.05, 0.1) is 19.1 Å². The first kappa shape index (κ1) is 11.7. The molecule has 3 heteroatoms. The monoisotopic (exact) mass is 246 g/mol. The highest BCUT2D eigenvalue weighted by Crippen LogP contribution is 2.54. The van der Waals surface area contributed by atoms with Gasteiger partial charge in [-0.25, -0.2) is 0 Å². The molecule has 1 saturated heterocycles. The lowest BCUT2D eigenvalue weighted by molar-refractivity contribution is -0.211. The molecule has 0 N–H and O–H groups in total. The van der Waals surface area contributed by atoms with Crippen LogP contribution in [0.5, 0.6) is 0 Å². The predicted molar refractivity (Wildman–Crippen MR) is 66.8 cm³/mol. The summed E-state index contributed by atoms with van der Waals surface area (Å²) in [5.74, 6) is 0.167. The van der Waals surface area contributed by atoms with Crippen molar-refractivity contribution in [1.82, 2.24) is 0 Å². The molecule has 1 aromatic rings. The summed E-state index contributed by atoms with van der Waals surface area (Å²) < 4.78 is 11.3. The highest BCUT2D eigenvalue weighted by Gasteiger charge is 2.63. The third-order valence-electron chi connectivity index (χ3n) is 4.18. The van der Waals surface area contributed by atoms with E-state index in [1.165, 1.54) is 5.56 Å². The summed E-state index contributed by atoms with van der Waals surface area (Å²) in [5.41, 5.74) is 1.10. The van der Waals surface area contributed by atoms with Crippen LogP contribution in [-0.4, -0.2) is 18.2 Å². The van der Waals surface area contributed by atoms with Crippen LogP contribution in [0.1, 0.15) is 25.8 Å². The van der Waals surface area contributed by atoms with Crippen LogP contribution < -0.4 is 0 Å². The number of hydrogen-bond donors (Lipinski definition) is 0. The molecule has 96 valence electrons. The van der Waals surface area contributed by atoms with Crippen molar-refractivity contribution >= 4 is 5.97 Å². The molecule has 0 bridgehead atoms. The maximum atomic E-state index is 11.3. The van der Waals surface area contributed by atoms with E-state index in [0.717, 1.165) is 0 Å². The second kappa shape index (κ2) is 4.09. The van der Waals surface area contributed by atoms with Gasteiger partial charge in [-0.1, -0.05) is 44.2 Å². The van der Waals surface area contributed by atoms with Crippen LogP contribution >= 0.6 is 0 Å². The fraction of sp³-hybridized carbons (Fsp3) is 0.533. The van der Waals surface area contributed by atoms with Gasteiger partial charge in [0.25, 0.3) is 0 Å². The molecule has 0 radical (unpaired) electrons. The average Bonchev–Trinajstić information content (AvgIpc) is 2.71. The lowest BCUT2D eigenvalue weighted by Crippen LogP contribution is -2.60. The van der Waals surface area contributed by atoms with Crippen LogP contribution in [0.15, 0.2) is 30.3 Å². The number of esters is 1. The van der Waals surface area contributed by atoms with Gasteiger partial charge in [0.15, 0.2) is 0 Å². The van der Waals surface area contributed by atoms with Crippen molar-refractivity contribution in [3.63, 3.8) is 0 Å². The largest absolute Gasteiger partial charge is 0.461 e. The van der Waals surface area contributed by atoms with E-state index in [-0.39, 0.29) is 29.5 Å². The van der Waals surface area contributed by atoms with E-state index in [0.29, 0.717) is 13.0 Å². The average molecular weight is 246 g/mol. The van der Waals surface area contributed by atoms with Crippen molar-refractivity contribution in [3.05, 3.63) is 35.9 Å². The summed E-state index contributed by atoms with van der Waals surface area (Å²) in [7, 11) is 0. The molecule has 2 aliphatic rings. The number of carbonyl (C=O) groups is 1. The predicted octanol–water partition coefficient (Wildman–Crippen LogP) is 2.54. The molecule has 2 fully saturated rings. The van der Waals surface area contributed by atoms with Gasteiger partial charge in [-0.05, 0) is 5.56 Å². The maximum absolute atomic E-state index is 11.3. The SMILES string of the molecule is CC1(C)[C@@H](OCc2ccccc2)[C@@H]2CC(=O)O[C@@H]21. The third kappa shape index (κ3) is 1.74. The van der Waals surface area contributed by atoms with Crippen molar-refractivity contribution in [2.75, 3.05) is 0 Å². The fourth-order valence-electron chi connectivity index (χ4n) is 3.24. The van der Waals surface area contributed by atoms with E-state index in [1.807, 2.05) is 18.2 Å². The number of rotatable bonds is 3. The molecule has 1 aromatic carbocycles. The summed E-state index contributed by atoms with van der Waals surface area (Å²) in [6.07, 6.45) is 0.674. The Bertz CT molecular complexity index is 452. The second-order valence-electron chi connectivity index (χ2n) is 5.82. The smallest absolute Gasteiger partial charge is 0.306 e. The van der Waals surface area contributed by atoms with Gasteiger partial charge in [-0.3, -0.25) is 4.79 Å². The second-order valence-corrected chi connectivity index (χ2v) is 5.82. The molecule has 18 heavy (non-hydrogen) atoms. The molecule has 0 unspecified atom stereocenters. The number of hydrogen-bond acceptors (Lipinski definition) is 3. The molecule has 0 aromatic heterocycles. The Hall–Kier alpha value is -1.35. The van der Waals surface area contributed by atoms with Crippen molar-refractivity contribution < 1.29 is 14.3 Å². The molecule has 1 aliphatic carbocycles. The van der Waals surface area contributed by atoms with E-state index in [1.54, 1.807) is 0 Å². The van der Waals surface area contributed by atoms with E-state index in [4.69, 9.17) is 9.47 Å². The van der Waals surface area contributed by atoms with Crippen molar-refractivity contribution in [3.8, 4) is 0 Å². The van der Waals surface area contributed by atoms with Crippen LogP contribution in [0.4, 0.5) is 0 Å². The van der Waals surface area contributed by atoms with Gasteiger partial charge >= 0.3 is 5.97 Å². The first-order valence-corrected chi connectivity index (χ1v) is 6.44. The maximum Gasteiger partial charge on any atom is 0.306 e. The Labute approximate surface area is 107 Å². The van der Waals surface area contributed by atoms with E-state index < -0.39 is 0 Å². The lowest BCUT2D eigenvalue weighted by atomic mass is 9.59. The summed E-state index contributed by atoms with van der Waals surface area (Å²) >= 11 is 0. The summed E-state index contributed by atoms with van der Waals surface area (Å²) in [5, 5.41) is 0. The first-order valence-electron chi connectivity index (χ1n) is 6.44. The van der Waals surface area contributed by atoms with Gasteiger partial charge in [0, 0.05) is 11.3 Å². The minimum atomic E-state index is -0.0797. The first-order chi connectivity index (χ1) is 8.59. The zero-order valence-corrected chi connectivity index (χ0v) is 10.8. The van der Waals surface area contributed by atoms with Crippen LogP contribution in [-0.2, 0) is 20.9 Å². The van der Waals surface area contributed by atoms with Gasteiger partial charge < -0.3 is 9.47 Å². The lowest BCUT2D eigenvalue weighted by Gasteiger charge is -2.52. The van der Waals surface area contributed by atoms with Crippen molar-refractivity contribution in [2.24, 2.45) is 11.3 Å². The molecular formula is C15H18O3. The van der Waals surface area contributed by atoms with E-state index in [9.17, 15) is 4.79 Å². The highest BCUT2D eigenvalue weighted by atomic mass is 16.6. The minimum Gasteiger partial charge on any atom is -0.461 e. The van der Waals surface area contributed by atoms with E-state index in [2.05, 4.69) is 26.0 Å². The molecule has 3 nitrogen and oxygen atoms in total. The van der Waals surface area contributed by atoms with Crippen LogP contribution in [0.3, 0.4) is 0 Å². The molecule has 1 heterocycles. The molecule has 1 aliphatic heterocycles. The quantitative estimate of drug-likeness (QED) is 0.769. The van der Waals surface area contributed by atoms with Gasteiger partial charge in [-0.15, -0.1) is 0 Å². The normalized spacial score (nSPS) is 32.6. The Balaban J connectivity index is 1.65. The van der Waals surface area contributed by atoms with Crippen LogP contribution in [0.25, 0.3) is 0 Å². The van der Waals surface area contributed by atoms with Crippen LogP contribution in [0, 0.1) is 11.3 Å². The number of ether oxygens (including phenoxy) is 2. The number of benzene rings is 1. The summed E-state index contributed by atoms with van der Waals surface area (Å²) in [6, 6.07) is 10.1. The molecule has 0 spiro atoms. The number of fused-ring (bicyclic) bond motifs is 1.